The van der Waals surface area contributed by atoms with Crippen LogP contribution in [0.2, 0.25) is 0 Å². The average Bonchev–Trinajstić information content (AvgIpc) is 2.76. The van der Waals surface area contributed by atoms with Gasteiger partial charge in [0, 0.05) is 11.4 Å². The third-order valence-corrected chi connectivity index (χ3v) is 4.49. The maximum Gasteiger partial charge on any atom is 0.252 e. The van der Waals surface area contributed by atoms with Crippen molar-refractivity contribution < 1.29 is 4.79 Å². The molecule has 0 spiro atoms. The highest BCUT2D eigenvalue weighted by atomic mass is 32.1. The molecule has 3 nitrogen and oxygen atoms in total. The lowest BCUT2D eigenvalue weighted by Crippen LogP contribution is -2.44. The smallest absolute Gasteiger partial charge is 0.252 e. The van der Waals surface area contributed by atoms with Gasteiger partial charge in [-0.05, 0) is 43.2 Å². The number of amides is 1. The molecule has 1 amide bonds. The lowest BCUT2D eigenvalue weighted by Gasteiger charge is -2.31. The maximum atomic E-state index is 12.1. The van der Waals surface area contributed by atoms with Gasteiger partial charge in [-0.3, -0.25) is 4.79 Å². The van der Waals surface area contributed by atoms with Crippen molar-refractivity contribution in [1.82, 2.24) is 5.32 Å². The lowest BCUT2D eigenvalue weighted by molar-refractivity contribution is 0.0908. The minimum Gasteiger partial charge on any atom is -0.349 e. The predicted molar refractivity (Wildman–Crippen MR) is 71.3 cm³/mol. The maximum absolute atomic E-state index is 12.1. The molecule has 1 heterocycles. The minimum atomic E-state index is 0.0640. The van der Waals surface area contributed by atoms with Crippen LogP contribution in [0.4, 0.5) is 0 Å². The van der Waals surface area contributed by atoms with Crippen molar-refractivity contribution in [3.05, 3.63) is 21.9 Å². The molecule has 17 heavy (non-hydrogen) atoms. The summed E-state index contributed by atoms with van der Waals surface area (Å²) >= 11 is 1.58. The van der Waals surface area contributed by atoms with Crippen LogP contribution in [0.5, 0.6) is 0 Å². The van der Waals surface area contributed by atoms with E-state index in [4.69, 9.17) is 5.73 Å². The largest absolute Gasteiger partial charge is 0.349 e. The highest BCUT2D eigenvalue weighted by Crippen LogP contribution is 2.24. The topological polar surface area (TPSA) is 55.1 Å². The van der Waals surface area contributed by atoms with Crippen molar-refractivity contribution >= 4 is 17.2 Å². The normalized spacial score (nSPS) is 24.6. The second-order valence-corrected chi connectivity index (χ2v) is 5.57. The molecule has 2 atom stereocenters. The van der Waals surface area contributed by atoms with E-state index in [0.717, 1.165) is 24.0 Å². The van der Waals surface area contributed by atoms with Crippen molar-refractivity contribution in [3.63, 3.8) is 0 Å². The van der Waals surface area contributed by atoms with E-state index in [1.807, 2.05) is 17.7 Å². The molecular formula is C13H20N2OS. The number of carbonyl (C=O) groups is 1. The Bertz CT molecular complexity index is 389. The summed E-state index contributed by atoms with van der Waals surface area (Å²) in [4.78, 5) is 12.1. The second-order valence-electron chi connectivity index (χ2n) is 4.83. The molecule has 1 aliphatic rings. The van der Waals surface area contributed by atoms with E-state index in [9.17, 15) is 4.79 Å². The fraction of sp³-hybridized carbons (Fsp3) is 0.615. The van der Waals surface area contributed by atoms with Gasteiger partial charge < -0.3 is 11.1 Å². The fourth-order valence-electron chi connectivity index (χ4n) is 2.52. The van der Waals surface area contributed by atoms with Crippen LogP contribution < -0.4 is 11.1 Å². The van der Waals surface area contributed by atoms with Crippen molar-refractivity contribution in [2.24, 2.45) is 11.7 Å². The zero-order valence-corrected chi connectivity index (χ0v) is 11.1. The number of carbonyl (C=O) groups excluding carboxylic acids is 1. The Morgan fingerprint density at radius 3 is 2.88 bits per heavy atom. The van der Waals surface area contributed by atoms with E-state index in [2.05, 4.69) is 5.32 Å². The summed E-state index contributed by atoms with van der Waals surface area (Å²) in [5.41, 5.74) is 7.65. The number of nitrogens with one attached hydrogen (secondary N) is 1. The average molecular weight is 252 g/mol. The van der Waals surface area contributed by atoms with E-state index in [-0.39, 0.29) is 11.9 Å². The first-order valence-electron chi connectivity index (χ1n) is 6.26. The first-order chi connectivity index (χ1) is 8.22. The Balaban J connectivity index is 2.00. The van der Waals surface area contributed by atoms with Gasteiger partial charge in [-0.2, -0.15) is 11.3 Å². The third-order valence-electron chi connectivity index (χ3n) is 3.63. The van der Waals surface area contributed by atoms with Gasteiger partial charge in [-0.25, -0.2) is 0 Å². The Morgan fingerprint density at radius 2 is 2.24 bits per heavy atom. The first-order valence-corrected chi connectivity index (χ1v) is 7.20. The van der Waals surface area contributed by atoms with Crippen LogP contribution in [0.15, 0.2) is 10.8 Å². The summed E-state index contributed by atoms with van der Waals surface area (Å²) < 4.78 is 0. The van der Waals surface area contributed by atoms with E-state index in [1.165, 1.54) is 12.8 Å². The lowest BCUT2D eigenvalue weighted by atomic mass is 9.84. The van der Waals surface area contributed by atoms with Crippen LogP contribution >= 0.6 is 11.3 Å². The van der Waals surface area contributed by atoms with E-state index in [1.54, 1.807) is 11.3 Å². The molecule has 1 aromatic rings. The van der Waals surface area contributed by atoms with Crippen molar-refractivity contribution in [1.29, 1.82) is 0 Å². The molecule has 0 radical (unpaired) electrons. The van der Waals surface area contributed by atoms with Crippen LogP contribution in [-0.4, -0.2) is 18.5 Å². The monoisotopic (exact) mass is 252 g/mol. The fourth-order valence-corrected chi connectivity index (χ4v) is 3.35. The van der Waals surface area contributed by atoms with Gasteiger partial charge in [0.2, 0.25) is 0 Å². The summed E-state index contributed by atoms with van der Waals surface area (Å²) in [6.45, 7) is 2.65. The first kappa shape index (κ1) is 12.6. The zero-order chi connectivity index (χ0) is 12.3. The molecule has 1 saturated carbocycles. The van der Waals surface area contributed by atoms with E-state index < -0.39 is 0 Å². The van der Waals surface area contributed by atoms with Gasteiger partial charge in [-0.1, -0.05) is 12.8 Å². The number of rotatable bonds is 3. The van der Waals surface area contributed by atoms with Crippen LogP contribution in [0, 0.1) is 12.8 Å². The van der Waals surface area contributed by atoms with Crippen molar-refractivity contribution in [2.75, 3.05) is 6.54 Å². The molecule has 0 saturated heterocycles. The molecule has 94 valence electrons. The van der Waals surface area contributed by atoms with E-state index in [0.29, 0.717) is 12.5 Å². The molecule has 1 aliphatic carbocycles. The number of hydrogen-bond donors (Lipinski definition) is 2. The van der Waals surface area contributed by atoms with Gasteiger partial charge in [0.15, 0.2) is 0 Å². The molecule has 4 heteroatoms. The van der Waals surface area contributed by atoms with Gasteiger partial charge in [0.25, 0.3) is 5.91 Å². The Hall–Kier alpha value is -0.870. The van der Waals surface area contributed by atoms with Gasteiger partial charge >= 0.3 is 0 Å². The molecule has 0 bridgehead atoms. The van der Waals surface area contributed by atoms with Crippen LogP contribution in [0.1, 0.15) is 41.6 Å². The summed E-state index contributed by atoms with van der Waals surface area (Å²) in [5, 5.41) is 7.08. The molecular weight excluding hydrogens is 232 g/mol. The summed E-state index contributed by atoms with van der Waals surface area (Å²) in [6, 6.07) is 0.264. The van der Waals surface area contributed by atoms with Gasteiger partial charge in [-0.15, -0.1) is 0 Å². The van der Waals surface area contributed by atoms with Crippen LogP contribution in [-0.2, 0) is 0 Å². The SMILES string of the molecule is Cc1cscc1C(=O)NC1CCCCC1CN. The molecule has 0 aliphatic heterocycles. The van der Waals surface area contributed by atoms with Crippen molar-refractivity contribution in [2.45, 2.75) is 38.6 Å². The van der Waals surface area contributed by atoms with Gasteiger partial charge in [0.05, 0.1) is 5.56 Å². The summed E-state index contributed by atoms with van der Waals surface area (Å²) in [6.07, 6.45) is 4.65. The van der Waals surface area contributed by atoms with Crippen LogP contribution in [0.3, 0.4) is 0 Å². The Kier molecular flexibility index (Phi) is 4.18. The summed E-state index contributed by atoms with van der Waals surface area (Å²) in [7, 11) is 0. The molecule has 2 rings (SSSR count). The van der Waals surface area contributed by atoms with E-state index >= 15 is 0 Å². The molecule has 2 unspecified atom stereocenters. The predicted octanol–water partition coefficient (Wildman–Crippen LogP) is 2.30. The number of nitrogens with two attached hydrogens (primary N) is 1. The zero-order valence-electron chi connectivity index (χ0n) is 10.2. The Morgan fingerprint density at radius 1 is 1.47 bits per heavy atom. The number of aryl methyl sites for hydroxylation is 1. The highest BCUT2D eigenvalue weighted by molar-refractivity contribution is 7.08. The standard InChI is InChI=1S/C13H20N2OS/c1-9-7-17-8-11(9)13(16)15-12-5-3-2-4-10(12)6-14/h7-8,10,12H,2-6,14H2,1H3,(H,15,16). The quantitative estimate of drug-likeness (QED) is 0.867. The third kappa shape index (κ3) is 2.87. The molecule has 3 N–H and O–H groups in total. The summed E-state index contributed by atoms with van der Waals surface area (Å²) in [5.74, 6) is 0.515. The number of thiophene rings is 1. The Labute approximate surface area is 106 Å². The number of hydrogen-bond acceptors (Lipinski definition) is 3. The highest BCUT2D eigenvalue weighted by Gasteiger charge is 2.26. The second kappa shape index (κ2) is 5.65. The molecule has 1 fully saturated rings. The minimum absolute atomic E-state index is 0.0640. The van der Waals surface area contributed by atoms with Gasteiger partial charge in [0.1, 0.15) is 0 Å². The molecule has 0 aromatic carbocycles. The molecule has 1 aromatic heterocycles. The van der Waals surface area contributed by atoms with Crippen molar-refractivity contribution in [3.8, 4) is 0 Å². The van der Waals surface area contributed by atoms with Crippen LogP contribution in [0.25, 0.3) is 0 Å².